The molecule has 0 N–H and O–H groups in total. The van der Waals surface area contributed by atoms with Gasteiger partial charge in [-0.25, -0.2) is 4.21 Å². The molecule has 1 heterocycles. The summed E-state index contributed by atoms with van der Waals surface area (Å²) in [5.41, 5.74) is 2.69. The molecule has 0 fully saturated rings. The number of nitrogens with zero attached hydrogens (tertiary/aromatic N) is 2. The second kappa shape index (κ2) is 8.38. The van der Waals surface area contributed by atoms with E-state index >= 15 is 0 Å². The van der Waals surface area contributed by atoms with E-state index in [2.05, 4.69) is 11.3 Å². The van der Waals surface area contributed by atoms with Gasteiger partial charge in [0.2, 0.25) is 0 Å². The quantitative estimate of drug-likeness (QED) is 0.676. The fourth-order valence-corrected chi connectivity index (χ4v) is 3.44. The van der Waals surface area contributed by atoms with Crippen LogP contribution in [0.2, 0.25) is 0 Å². The van der Waals surface area contributed by atoms with E-state index in [0.717, 1.165) is 25.1 Å². The van der Waals surface area contributed by atoms with E-state index in [4.69, 9.17) is 4.42 Å². The zero-order chi connectivity index (χ0) is 20.4. The zero-order valence-corrected chi connectivity index (χ0v) is 18.2. The lowest BCUT2D eigenvalue weighted by Crippen LogP contribution is -2.24. The first-order valence-corrected chi connectivity index (χ1v) is 10.5. The molecular weight excluding hydrogens is 360 g/mol. The van der Waals surface area contributed by atoms with Crippen LogP contribution in [0.3, 0.4) is 0 Å². The summed E-state index contributed by atoms with van der Waals surface area (Å²) in [5, 5.41) is 0.525. The van der Waals surface area contributed by atoms with Gasteiger partial charge in [0, 0.05) is 24.7 Å². The van der Waals surface area contributed by atoms with Crippen LogP contribution in [0.25, 0.3) is 11.0 Å². The average Bonchev–Trinajstić information content (AvgIpc) is 2.58. The summed E-state index contributed by atoms with van der Waals surface area (Å²) < 4.78 is 22.6. The molecule has 0 saturated heterocycles. The predicted octanol–water partition coefficient (Wildman–Crippen LogP) is 4.61. The molecule has 5 nitrogen and oxygen atoms in total. The van der Waals surface area contributed by atoms with E-state index in [0.29, 0.717) is 28.1 Å². The molecule has 0 radical (unpaired) electrons. The molecule has 0 aliphatic heterocycles. The van der Waals surface area contributed by atoms with Crippen molar-refractivity contribution in [1.82, 2.24) is 0 Å². The number of rotatable bonds is 6. The Kier molecular flexibility index (Phi) is 6.63. The smallest absolute Gasteiger partial charge is 0.200 e. The number of hydrogen-bond acceptors (Lipinski definition) is 4. The van der Waals surface area contributed by atoms with Crippen molar-refractivity contribution >= 4 is 33.6 Å². The Hall–Kier alpha value is -1.95. The summed E-state index contributed by atoms with van der Waals surface area (Å²) in [7, 11) is -1.38. The third-order valence-electron chi connectivity index (χ3n) is 4.28. The van der Waals surface area contributed by atoms with Crippen LogP contribution in [0.4, 0.5) is 5.88 Å². The van der Waals surface area contributed by atoms with Crippen LogP contribution in [-0.4, -0.2) is 27.8 Å². The Balaban J connectivity index is 2.72. The molecule has 0 aliphatic carbocycles. The molecular formula is C21H30N2O3S. The van der Waals surface area contributed by atoms with Gasteiger partial charge in [0.15, 0.2) is 11.3 Å². The van der Waals surface area contributed by atoms with Crippen LogP contribution in [0.1, 0.15) is 59.1 Å². The van der Waals surface area contributed by atoms with Gasteiger partial charge in [0.1, 0.15) is 16.6 Å². The summed E-state index contributed by atoms with van der Waals surface area (Å²) >= 11 is 0. The lowest BCUT2D eigenvalue weighted by atomic mass is 10.0. The topological polar surface area (TPSA) is 62.9 Å². The predicted molar refractivity (Wildman–Crippen MR) is 116 cm³/mol. The highest BCUT2D eigenvalue weighted by atomic mass is 32.2. The van der Waals surface area contributed by atoms with Gasteiger partial charge in [0.25, 0.3) is 0 Å². The van der Waals surface area contributed by atoms with Gasteiger partial charge < -0.3 is 9.32 Å². The molecule has 0 aliphatic rings. The maximum absolute atomic E-state index is 12.7. The van der Waals surface area contributed by atoms with Crippen molar-refractivity contribution in [3.05, 3.63) is 39.5 Å². The van der Waals surface area contributed by atoms with Gasteiger partial charge in [-0.05, 0) is 65.7 Å². The van der Waals surface area contributed by atoms with Crippen molar-refractivity contribution in [2.45, 2.75) is 59.6 Å². The molecule has 0 saturated carbocycles. The van der Waals surface area contributed by atoms with Crippen molar-refractivity contribution in [3.8, 4) is 0 Å². The maximum atomic E-state index is 12.7. The number of benzene rings is 1. The van der Waals surface area contributed by atoms with E-state index in [-0.39, 0.29) is 5.43 Å². The van der Waals surface area contributed by atoms with E-state index in [1.807, 2.05) is 58.6 Å². The van der Waals surface area contributed by atoms with E-state index in [1.165, 1.54) is 0 Å². The number of hydrogen-bond donors (Lipinski definition) is 0. The number of aryl methyl sites for hydroxylation is 1. The van der Waals surface area contributed by atoms with Gasteiger partial charge in [-0.3, -0.25) is 4.79 Å². The Bertz CT molecular complexity index is 939. The molecule has 6 heteroatoms. The molecule has 0 bridgehead atoms. The first kappa shape index (κ1) is 21.4. The molecule has 1 aromatic heterocycles. The molecule has 1 unspecified atom stereocenters. The van der Waals surface area contributed by atoms with Gasteiger partial charge in [-0.1, -0.05) is 6.92 Å². The fourth-order valence-electron chi connectivity index (χ4n) is 2.82. The molecule has 0 spiro atoms. The third-order valence-corrected chi connectivity index (χ3v) is 5.77. The summed E-state index contributed by atoms with van der Waals surface area (Å²) in [6.07, 6.45) is 0.960. The van der Waals surface area contributed by atoms with Crippen LogP contribution in [-0.2, 0) is 11.0 Å². The molecule has 0 amide bonds. The van der Waals surface area contributed by atoms with E-state index < -0.39 is 15.7 Å². The normalized spacial score (nSPS) is 13.8. The first-order valence-electron chi connectivity index (χ1n) is 9.39. The minimum atomic E-state index is -1.38. The van der Waals surface area contributed by atoms with Crippen molar-refractivity contribution in [2.75, 3.05) is 18.0 Å². The second-order valence-electron chi connectivity index (χ2n) is 7.76. The maximum Gasteiger partial charge on any atom is 0.200 e. The monoisotopic (exact) mass is 390 g/mol. The molecule has 27 heavy (non-hydrogen) atoms. The fraction of sp³-hybridized carbons (Fsp3) is 0.524. The lowest BCUT2D eigenvalue weighted by molar-refractivity contribution is 0.570. The van der Waals surface area contributed by atoms with E-state index in [1.54, 1.807) is 6.07 Å². The number of fused-ring (bicyclic) bond motifs is 1. The Morgan fingerprint density at radius 2 is 1.89 bits per heavy atom. The highest BCUT2D eigenvalue weighted by molar-refractivity contribution is 7.85. The van der Waals surface area contributed by atoms with Gasteiger partial charge in [-0.15, -0.1) is 0 Å². The van der Waals surface area contributed by atoms with Gasteiger partial charge >= 0.3 is 0 Å². The van der Waals surface area contributed by atoms with Gasteiger partial charge in [0.05, 0.1) is 15.8 Å². The molecule has 2 aromatic rings. The molecule has 1 atom stereocenters. The SMILES string of the molecule is CCCN(CC)c1cc(=O)c2cc(C)cc(/C(C)=N\S(=O)C(C)(C)C)c2o1. The molecule has 1 aromatic carbocycles. The first-order chi connectivity index (χ1) is 12.6. The van der Waals surface area contributed by atoms with Crippen LogP contribution >= 0.6 is 0 Å². The third kappa shape index (κ3) is 4.86. The molecule has 148 valence electrons. The van der Waals surface area contributed by atoms with Crippen molar-refractivity contribution in [2.24, 2.45) is 4.40 Å². The standard InChI is InChI=1S/C21H30N2O3S/c1-8-10-23(9-2)19-13-18(24)17-12-14(3)11-16(20(17)26-19)15(4)22-27(25)21(5,6)7/h11-13H,8-10H2,1-7H3/b22-15-. The van der Waals surface area contributed by atoms with Crippen molar-refractivity contribution < 1.29 is 8.63 Å². The van der Waals surface area contributed by atoms with E-state index in [9.17, 15) is 9.00 Å². The second-order valence-corrected chi connectivity index (χ2v) is 9.66. The largest absolute Gasteiger partial charge is 0.440 e. The Labute approximate surface area is 164 Å². The highest BCUT2D eigenvalue weighted by Gasteiger charge is 2.21. The highest BCUT2D eigenvalue weighted by Crippen LogP contribution is 2.25. The van der Waals surface area contributed by atoms with Crippen LogP contribution in [0.5, 0.6) is 0 Å². The van der Waals surface area contributed by atoms with Crippen molar-refractivity contribution in [1.29, 1.82) is 0 Å². The van der Waals surface area contributed by atoms with Crippen LogP contribution < -0.4 is 10.3 Å². The van der Waals surface area contributed by atoms with Gasteiger partial charge in [-0.2, -0.15) is 4.40 Å². The molecule has 2 rings (SSSR count). The summed E-state index contributed by atoms with van der Waals surface area (Å²) in [5.74, 6) is 0.562. The van der Waals surface area contributed by atoms with Crippen LogP contribution in [0.15, 0.2) is 31.8 Å². The minimum Gasteiger partial charge on any atom is -0.440 e. The Morgan fingerprint density at radius 1 is 1.22 bits per heavy atom. The summed E-state index contributed by atoms with van der Waals surface area (Å²) in [6, 6.07) is 5.33. The summed E-state index contributed by atoms with van der Waals surface area (Å²) in [6.45, 7) is 15.1. The number of anilines is 1. The summed E-state index contributed by atoms with van der Waals surface area (Å²) in [4.78, 5) is 14.8. The lowest BCUT2D eigenvalue weighted by Gasteiger charge is -2.21. The minimum absolute atomic E-state index is 0.0736. The van der Waals surface area contributed by atoms with Crippen molar-refractivity contribution in [3.63, 3.8) is 0 Å². The average molecular weight is 391 g/mol. The zero-order valence-electron chi connectivity index (χ0n) is 17.4. The Morgan fingerprint density at radius 3 is 2.44 bits per heavy atom. The van der Waals surface area contributed by atoms with Crippen LogP contribution in [0, 0.1) is 6.92 Å².